The van der Waals surface area contributed by atoms with Crippen molar-refractivity contribution in [2.45, 2.75) is 43.9 Å². The van der Waals surface area contributed by atoms with Crippen LogP contribution in [-0.4, -0.2) is 25.2 Å². The van der Waals surface area contributed by atoms with Crippen molar-refractivity contribution in [3.8, 4) is 5.75 Å². The largest absolute Gasteiger partial charge is 0.506 e. The van der Waals surface area contributed by atoms with Crippen LogP contribution in [0.15, 0.2) is 23.1 Å². The summed E-state index contributed by atoms with van der Waals surface area (Å²) in [6, 6.07) is 4.02. The molecule has 0 saturated heterocycles. The molecular weight excluding hydrogens is 314 g/mol. The second-order valence-corrected chi connectivity index (χ2v) is 9.05. The molecule has 23 heavy (non-hydrogen) atoms. The summed E-state index contributed by atoms with van der Waals surface area (Å²) in [5.74, 6) is 1.59. The first-order chi connectivity index (χ1) is 10.9. The van der Waals surface area contributed by atoms with Crippen LogP contribution in [0.5, 0.6) is 5.75 Å². The molecule has 6 heteroatoms. The van der Waals surface area contributed by atoms with Gasteiger partial charge in [0, 0.05) is 6.42 Å². The molecule has 1 aromatic carbocycles. The second-order valence-electron chi connectivity index (χ2n) is 6.77. The number of hydrogen-bond donors (Lipinski definition) is 2. The number of nitrogens with one attached hydrogen (secondary N) is 1. The van der Waals surface area contributed by atoms with E-state index in [2.05, 4.69) is 5.32 Å². The van der Waals surface area contributed by atoms with Crippen LogP contribution in [0.2, 0.25) is 0 Å². The van der Waals surface area contributed by atoms with Crippen molar-refractivity contribution in [3.05, 3.63) is 18.2 Å². The number of anilines is 1. The molecule has 2 N–H and O–H groups in total. The van der Waals surface area contributed by atoms with E-state index >= 15 is 0 Å². The number of phenols is 1. The third-order valence-electron chi connectivity index (χ3n) is 5.31. The van der Waals surface area contributed by atoms with Crippen LogP contribution in [0.4, 0.5) is 5.69 Å². The van der Waals surface area contributed by atoms with Crippen molar-refractivity contribution in [2.24, 2.45) is 17.8 Å². The lowest BCUT2D eigenvalue weighted by Crippen LogP contribution is -2.20. The molecule has 2 saturated carbocycles. The lowest BCUT2D eigenvalue weighted by molar-refractivity contribution is -0.117. The Hall–Kier alpha value is -1.56. The van der Waals surface area contributed by atoms with Crippen LogP contribution < -0.4 is 5.32 Å². The maximum atomic E-state index is 12.3. The van der Waals surface area contributed by atoms with Gasteiger partial charge >= 0.3 is 0 Å². The number of sulfone groups is 1. The molecule has 1 aromatic rings. The first-order valence-corrected chi connectivity index (χ1v) is 9.90. The highest BCUT2D eigenvalue weighted by molar-refractivity contribution is 7.91. The number of carbonyl (C=O) groups is 1. The van der Waals surface area contributed by atoms with E-state index in [0.29, 0.717) is 18.3 Å². The molecule has 0 radical (unpaired) electrons. The summed E-state index contributed by atoms with van der Waals surface area (Å²) in [5.41, 5.74) is 0.174. The van der Waals surface area contributed by atoms with Crippen molar-refractivity contribution in [2.75, 3.05) is 11.1 Å². The molecule has 0 spiro atoms. The number of hydrogen-bond acceptors (Lipinski definition) is 4. The van der Waals surface area contributed by atoms with Gasteiger partial charge < -0.3 is 10.4 Å². The van der Waals surface area contributed by atoms with E-state index in [4.69, 9.17) is 0 Å². The maximum Gasteiger partial charge on any atom is 0.224 e. The molecule has 0 unspecified atom stereocenters. The van der Waals surface area contributed by atoms with Crippen LogP contribution in [0.1, 0.15) is 39.0 Å². The second kappa shape index (κ2) is 6.15. The smallest absolute Gasteiger partial charge is 0.224 e. The van der Waals surface area contributed by atoms with E-state index in [1.54, 1.807) is 6.92 Å². The third-order valence-corrected chi connectivity index (χ3v) is 7.05. The number of fused-ring (bicyclic) bond motifs is 2. The Morgan fingerprint density at radius 2 is 2.09 bits per heavy atom. The molecule has 2 aliphatic rings. The van der Waals surface area contributed by atoms with E-state index in [0.717, 1.165) is 12.3 Å². The van der Waals surface area contributed by atoms with Crippen molar-refractivity contribution in [1.29, 1.82) is 0 Å². The lowest BCUT2D eigenvalue weighted by atomic mass is 9.86. The highest BCUT2D eigenvalue weighted by Gasteiger charge is 2.40. The number of phenolic OH excluding ortho intramolecular Hbond substituents is 1. The fourth-order valence-corrected chi connectivity index (χ4v) is 4.95. The molecule has 1 amide bonds. The Balaban J connectivity index is 1.69. The Kier molecular flexibility index (Phi) is 4.36. The fourth-order valence-electron chi connectivity index (χ4n) is 4.04. The summed E-state index contributed by atoms with van der Waals surface area (Å²) in [7, 11) is -3.36. The van der Waals surface area contributed by atoms with Crippen molar-refractivity contribution < 1.29 is 18.3 Å². The normalized spacial score (nSPS) is 26.4. The molecule has 0 aromatic heterocycles. The lowest BCUT2D eigenvalue weighted by Gasteiger charge is -2.21. The minimum Gasteiger partial charge on any atom is -0.506 e. The number of carbonyl (C=O) groups excluding carboxylic acids is 1. The van der Waals surface area contributed by atoms with Gasteiger partial charge in [0.15, 0.2) is 9.84 Å². The molecule has 3 rings (SSSR count). The molecule has 5 nitrogen and oxygen atoms in total. The van der Waals surface area contributed by atoms with Gasteiger partial charge in [0.05, 0.1) is 16.3 Å². The molecular formula is C17H23NO4S. The van der Waals surface area contributed by atoms with Crippen molar-refractivity contribution in [3.63, 3.8) is 0 Å². The van der Waals surface area contributed by atoms with Gasteiger partial charge in [-0.15, -0.1) is 0 Å². The summed E-state index contributed by atoms with van der Waals surface area (Å²) in [4.78, 5) is 12.4. The maximum absolute atomic E-state index is 12.3. The summed E-state index contributed by atoms with van der Waals surface area (Å²) in [5, 5.41) is 12.6. The van der Waals surface area contributed by atoms with E-state index in [1.165, 1.54) is 37.5 Å². The first kappa shape index (κ1) is 16.3. The van der Waals surface area contributed by atoms with Gasteiger partial charge in [-0.1, -0.05) is 13.3 Å². The molecule has 126 valence electrons. The number of benzene rings is 1. The quantitative estimate of drug-likeness (QED) is 0.809. The molecule has 0 heterocycles. The minimum absolute atomic E-state index is 0.0176. The fraction of sp³-hybridized carbons (Fsp3) is 0.588. The predicted molar refractivity (Wildman–Crippen MR) is 88.0 cm³/mol. The zero-order chi connectivity index (χ0) is 16.6. The third kappa shape index (κ3) is 3.37. The highest BCUT2D eigenvalue weighted by Crippen LogP contribution is 2.49. The SMILES string of the molecule is CCS(=O)(=O)c1ccc(O)c(NC(=O)C[C@H]2C[C@H]3CC[C@@H]2C3)c1. The topological polar surface area (TPSA) is 83.5 Å². The standard InChI is InChI=1S/C17H23NO4S/c1-2-23(21,22)14-5-6-16(19)15(10-14)18-17(20)9-13-8-11-3-4-12(13)7-11/h5-6,10-13,19H,2-4,7-9H2,1H3,(H,18,20)/t11-,12+,13+/m0/s1. The highest BCUT2D eigenvalue weighted by atomic mass is 32.2. The zero-order valence-electron chi connectivity index (χ0n) is 13.3. The van der Waals surface area contributed by atoms with E-state index in [-0.39, 0.29) is 28.0 Å². The van der Waals surface area contributed by atoms with Gasteiger partial charge in [0.25, 0.3) is 0 Å². The van der Waals surface area contributed by atoms with Gasteiger partial charge in [-0.25, -0.2) is 8.42 Å². The summed E-state index contributed by atoms with van der Waals surface area (Å²) in [6.07, 6.45) is 5.33. The Morgan fingerprint density at radius 3 is 2.70 bits per heavy atom. The van der Waals surface area contributed by atoms with Crippen LogP contribution in [-0.2, 0) is 14.6 Å². The van der Waals surface area contributed by atoms with Crippen LogP contribution in [0.3, 0.4) is 0 Å². The van der Waals surface area contributed by atoms with Crippen LogP contribution in [0, 0.1) is 17.8 Å². The zero-order valence-corrected chi connectivity index (χ0v) is 14.1. The minimum atomic E-state index is -3.36. The van der Waals surface area contributed by atoms with Crippen LogP contribution in [0.25, 0.3) is 0 Å². The Morgan fingerprint density at radius 1 is 1.30 bits per heavy atom. The monoisotopic (exact) mass is 337 g/mol. The number of aromatic hydroxyl groups is 1. The Bertz CT molecular complexity index is 713. The molecule has 3 atom stereocenters. The van der Waals surface area contributed by atoms with Gasteiger partial charge in [-0.2, -0.15) is 0 Å². The average molecular weight is 337 g/mol. The van der Waals surface area contributed by atoms with Gasteiger partial charge in [-0.3, -0.25) is 4.79 Å². The molecule has 2 bridgehead atoms. The average Bonchev–Trinajstić information content (AvgIpc) is 3.12. The van der Waals surface area contributed by atoms with Gasteiger partial charge in [-0.05, 0) is 55.2 Å². The number of rotatable bonds is 5. The van der Waals surface area contributed by atoms with Crippen LogP contribution >= 0.6 is 0 Å². The summed E-state index contributed by atoms with van der Waals surface area (Å²) >= 11 is 0. The summed E-state index contributed by atoms with van der Waals surface area (Å²) < 4.78 is 23.8. The molecule has 2 aliphatic carbocycles. The predicted octanol–water partition coefficient (Wildman–Crippen LogP) is 2.95. The Labute approximate surface area is 137 Å². The molecule has 0 aliphatic heterocycles. The van der Waals surface area contributed by atoms with Gasteiger partial charge in [0.1, 0.15) is 5.75 Å². The molecule has 2 fully saturated rings. The van der Waals surface area contributed by atoms with E-state index in [1.807, 2.05) is 0 Å². The van der Waals surface area contributed by atoms with Gasteiger partial charge in [0.2, 0.25) is 5.91 Å². The first-order valence-electron chi connectivity index (χ1n) is 8.24. The van der Waals surface area contributed by atoms with Crippen molar-refractivity contribution in [1.82, 2.24) is 0 Å². The van der Waals surface area contributed by atoms with E-state index < -0.39 is 9.84 Å². The van der Waals surface area contributed by atoms with Crippen molar-refractivity contribution >= 4 is 21.4 Å². The summed E-state index contributed by atoms with van der Waals surface area (Å²) in [6.45, 7) is 1.57. The van der Waals surface area contributed by atoms with E-state index in [9.17, 15) is 18.3 Å². The number of amides is 1.